The summed E-state index contributed by atoms with van der Waals surface area (Å²) in [6.45, 7) is 3.93. The zero-order valence-corrected chi connectivity index (χ0v) is 17.2. The predicted molar refractivity (Wildman–Crippen MR) is 120 cm³/mol. The number of imide groups is 1. The Morgan fingerprint density at radius 3 is 2.10 bits per heavy atom. The van der Waals surface area contributed by atoms with E-state index in [0.717, 1.165) is 22.3 Å². The van der Waals surface area contributed by atoms with Crippen LogP contribution in [0.15, 0.2) is 83.8 Å². The van der Waals surface area contributed by atoms with Gasteiger partial charge in [0.25, 0.3) is 11.8 Å². The Morgan fingerprint density at radius 2 is 1.45 bits per heavy atom. The molecule has 0 radical (unpaired) electrons. The molecular weight excluding hydrogens is 378 g/mol. The highest BCUT2D eigenvalue weighted by atomic mass is 32.2. The first-order valence-corrected chi connectivity index (χ1v) is 10.5. The molecule has 0 aliphatic carbocycles. The summed E-state index contributed by atoms with van der Waals surface area (Å²) in [7, 11) is 0. The Bertz CT molecular complexity index is 1100. The van der Waals surface area contributed by atoms with Crippen LogP contribution in [0, 0.1) is 13.8 Å². The van der Waals surface area contributed by atoms with Crippen molar-refractivity contribution in [2.45, 2.75) is 19.6 Å². The Balaban J connectivity index is 1.75. The van der Waals surface area contributed by atoms with E-state index in [1.807, 2.05) is 92.7 Å². The third-order valence-electron chi connectivity index (χ3n) is 4.92. The van der Waals surface area contributed by atoms with Crippen molar-refractivity contribution in [1.82, 2.24) is 0 Å². The molecule has 3 nitrogen and oxygen atoms in total. The summed E-state index contributed by atoms with van der Waals surface area (Å²) in [6, 6.07) is 25.2. The maximum Gasteiger partial charge on any atom is 0.272 e. The zero-order valence-electron chi connectivity index (χ0n) is 16.4. The van der Waals surface area contributed by atoms with Crippen molar-refractivity contribution < 1.29 is 9.59 Å². The molecule has 29 heavy (non-hydrogen) atoms. The lowest BCUT2D eigenvalue weighted by molar-refractivity contribution is -0.119. The molecule has 0 fully saturated rings. The number of amides is 2. The fourth-order valence-electron chi connectivity index (χ4n) is 3.51. The summed E-state index contributed by atoms with van der Waals surface area (Å²) in [5.74, 6) is 0.122. The van der Waals surface area contributed by atoms with Gasteiger partial charge in [-0.1, -0.05) is 78.4 Å². The van der Waals surface area contributed by atoms with Gasteiger partial charge in [0, 0.05) is 5.75 Å². The Kier molecular flexibility index (Phi) is 5.36. The van der Waals surface area contributed by atoms with Gasteiger partial charge in [0.05, 0.1) is 16.2 Å². The van der Waals surface area contributed by atoms with Crippen molar-refractivity contribution in [2.75, 3.05) is 4.90 Å². The second-order valence-corrected chi connectivity index (χ2v) is 8.07. The van der Waals surface area contributed by atoms with Crippen LogP contribution < -0.4 is 4.90 Å². The van der Waals surface area contributed by atoms with Gasteiger partial charge in [-0.25, -0.2) is 4.90 Å². The van der Waals surface area contributed by atoms with Gasteiger partial charge in [-0.2, -0.15) is 0 Å². The van der Waals surface area contributed by atoms with Crippen molar-refractivity contribution in [1.29, 1.82) is 0 Å². The SMILES string of the molecule is Cc1ccc(N2C(=O)C(SCc3ccccc3)=C(c3ccccc3)C2=O)c(C)c1. The number of carbonyl (C=O) groups is 2. The topological polar surface area (TPSA) is 37.4 Å². The third kappa shape index (κ3) is 3.76. The average Bonchev–Trinajstić information content (AvgIpc) is 2.98. The fourth-order valence-corrected chi connectivity index (χ4v) is 4.58. The van der Waals surface area contributed by atoms with Crippen molar-refractivity contribution in [2.24, 2.45) is 0 Å². The minimum absolute atomic E-state index is 0.248. The van der Waals surface area contributed by atoms with Crippen LogP contribution in [-0.2, 0) is 15.3 Å². The number of anilines is 1. The molecule has 3 aromatic carbocycles. The van der Waals surface area contributed by atoms with Crippen LogP contribution in [0.4, 0.5) is 5.69 Å². The van der Waals surface area contributed by atoms with Crippen LogP contribution in [0.1, 0.15) is 22.3 Å². The molecule has 144 valence electrons. The molecule has 0 N–H and O–H groups in total. The summed E-state index contributed by atoms with van der Waals surface area (Å²) < 4.78 is 0. The van der Waals surface area contributed by atoms with E-state index in [0.29, 0.717) is 21.9 Å². The molecule has 0 bridgehead atoms. The first-order chi connectivity index (χ1) is 14.1. The maximum atomic E-state index is 13.4. The van der Waals surface area contributed by atoms with Crippen LogP contribution >= 0.6 is 11.8 Å². The molecule has 1 heterocycles. The lowest BCUT2D eigenvalue weighted by Gasteiger charge is -2.18. The number of hydrogen-bond donors (Lipinski definition) is 0. The standard InChI is InChI=1S/C25H21NO2S/c1-17-13-14-21(18(2)15-17)26-24(27)22(20-11-7-4-8-12-20)23(25(26)28)29-16-19-9-5-3-6-10-19/h3-15H,16H2,1-2H3. The van der Waals surface area contributed by atoms with Gasteiger partial charge in [-0.05, 0) is 36.6 Å². The van der Waals surface area contributed by atoms with E-state index >= 15 is 0 Å². The first kappa shape index (κ1) is 19.2. The van der Waals surface area contributed by atoms with E-state index in [4.69, 9.17) is 0 Å². The predicted octanol–water partition coefficient (Wildman–Crippen LogP) is 5.52. The minimum Gasteiger partial charge on any atom is -0.268 e. The second kappa shape index (κ2) is 8.10. The van der Waals surface area contributed by atoms with Crippen LogP contribution in [0.5, 0.6) is 0 Å². The number of rotatable bonds is 5. The average molecular weight is 400 g/mol. The third-order valence-corrected chi connectivity index (χ3v) is 6.07. The molecule has 4 rings (SSSR count). The monoisotopic (exact) mass is 399 g/mol. The number of benzene rings is 3. The highest BCUT2D eigenvalue weighted by molar-refractivity contribution is 8.03. The first-order valence-electron chi connectivity index (χ1n) is 9.48. The molecule has 4 heteroatoms. The molecule has 1 aliphatic rings. The van der Waals surface area contributed by atoms with Gasteiger partial charge >= 0.3 is 0 Å². The normalized spacial score (nSPS) is 14.1. The van der Waals surface area contributed by atoms with Crippen molar-refractivity contribution in [3.63, 3.8) is 0 Å². The Hall–Kier alpha value is -3.11. The summed E-state index contributed by atoms with van der Waals surface area (Å²) in [5, 5.41) is 0. The Labute approximate surface area is 175 Å². The summed E-state index contributed by atoms with van der Waals surface area (Å²) >= 11 is 1.43. The van der Waals surface area contributed by atoms with E-state index in [1.54, 1.807) is 0 Å². The molecule has 3 aromatic rings. The largest absolute Gasteiger partial charge is 0.272 e. The molecule has 0 saturated heterocycles. The van der Waals surface area contributed by atoms with Crippen LogP contribution in [0.2, 0.25) is 0 Å². The smallest absolute Gasteiger partial charge is 0.268 e. The number of carbonyl (C=O) groups excluding carboxylic acids is 2. The fraction of sp³-hybridized carbons (Fsp3) is 0.120. The van der Waals surface area contributed by atoms with Gasteiger partial charge in [0.1, 0.15) is 0 Å². The number of thioether (sulfide) groups is 1. The lowest BCUT2D eigenvalue weighted by Crippen LogP contribution is -2.32. The van der Waals surface area contributed by atoms with Gasteiger partial charge in [0.2, 0.25) is 0 Å². The quantitative estimate of drug-likeness (QED) is 0.530. The van der Waals surface area contributed by atoms with Gasteiger partial charge in [-0.3, -0.25) is 9.59 Å². The summed E-state index contributed by atoms with van der Waals surface area (Å²) in [5.41, 5.74) is 5.02. The second-order valence-electron chi connectivity index (χ2n) is 7.08. The lowest BCUT2D eigenvalue weighted by atomic mass is 10.1. The van der Waals surface area contributed by atoms with Gasteiger partial charge in [-0.15, -0.1) is 11.8 Å². The van der Waals surface area contributed by atoms with E-state index in [9.17, 15) is 9.59 Å². The highest BCUT2D eigenvalue weighted by Crippen LogP contribution is 2.40. The van der Waals surface area contributed by atoms with Crippen LogP contribution in [0.25, 0.3) is 5.57 Å². The number of hydrogen-bond acceptors (Lipinski definition) is 3. The molecular formula is C25H21NO2S. The maximum absolute atomic E-state index is 13.4. The van der Waals surface area contributed by atoms with Crippen molar-refractivity contribution >= 4 is 34.8 Å². The summed E-state index contributed by atoms with van der Waals surface area (Å²) in [4.78, 5) is 28.6. The van der Waals surface area contributed by atoms with Crippen molar-refractivity contribution in [3.05, 3.63) is 106 Å². The molecule has 0 unspecified atom stereocenters. The number of aryl methyl sites for hydroxylation is 2. The van der Waals surface area contributed by atoms with Crippen LogP contribution in [0.3, 0.4) is 0 Å². The zero-order chi connectivity index (χ0) is 20.4. The Morgan fingerprint density at radius 1 is 0.793 bits per heavy atom. The molecule has 1 aliphatic heterocycles. The van der Waals surface area contributed by atoms with E-state index in [2.05, 4.69) is 0 Å². The van der Waals surface area contributed by atoms with Crippen LogP contribution in [-0.4, -0.2) is 11.8 Å². The molecule has 2 amide bonds. The van der Waals surface area contributed by atoms with Gasteiger partial charge < -0.3 is 0 Å². The molecule has 0 aromatic heterocycles. The molecule has 0 spiro atoms. The van der Waals surface area contributed by atoms with E-state index in [-0.39, 0.29) is 11.8 Å². The minimum atomic E-state index is -0.260. The van der Waals surface area contributed by atoms with Crippen molar-refractivity contribution in [3.8, 4) is 0 Å². The number of nitrogens with zero attached hydrogens (tertiary/aromatic N) is 1. The van der Waals surface area contributed by atoms with E-state index < -0.39 is 0 Å². The highest BCUT2D eigenvalue weighted by Gasteiger charge is 2.40. The molecule has 0 atom stereocenters. The summed E-state index contributed by atoms with van der Waals surface area (Å²) in [6.07, 6.45) is 0. The van der Waals surface area contributed by atoms with Gasteiger partial charge in [0.15, 0.2) is 0 Å². The van der Waals surface area contributed by atoms with E-state index in [1.165, 1.54) is 16.7 Å². The molecule has 0 saturated carbocycles.